The molecule has 0 aliphatic carbocycles. The number of hydrogen-bond donors (Lipinski definition) is 1. The maximum absolute atomic E-state index is 12.1. The van der Waals surface area contributed by atoms with Gasteiger partial charge in [0.1, 0.15) is 5.76 Å². The predicted molar refractivity (Wildman–Crippen MR) is 96.0 cm³/mol. The van der Waals surface area contributed by atoms with E-state index in [9.17, 15) is 14.7 Å². The number of carbonyl (C=O) groups excluding carboxylic acids is 1. The van der Waals surface area contributed by atoms with Gasteiger partial charge in [-0.3, -0.25) is 4.79 Å². The summed E-state index contributed by atoms with van der Waals surface area (Å²) in [7, 11) is 0. The first kappa shape index (κ1) is 19.9. The molecule has 0 fully saturated rings. The topological polar surface area (TPSA) is 63.6 Å². The number of benzene rings is 1. The molecule has 0 atom stereocenters. The number of Topliss-reactive ketones (excluding diaryl/α,β-unsaturated/α-hetero) is 1. The third-order valence-electron chi connectivity index (χ3n) is 3.80. The van der Waals surface area contributed by atoms with Crippen LogP contribution in [0, 0.1) is 0 Å². The summed E-state index contributed by atoms with van der Waals surface area (Å²) >= 11 is 0. The highest BCUT2D eigenvalue weighted by atomic mass is 16.5. The lowest BCUT2D eigenvalue weighted by atomic mass is 10.0. The Morgan fingerprint density at radius 2 is 1.75 bits per heavy atom. The fourth-order valence-electron chi connectivity index (χ4n) is 2.49. The van der Waals surface area contributed by atoms with Gasteiger partial charge in [0.25, 0.3) is 0 Å². The third kappa shape index (κ3) is 5.84. The average Bonchev–Trinajstić information content (AvgIpc) is 2.57. The highest BCUT2D eigenvalue weighted by Crippen LogP contribution is 2.24. The standard InChI is InChI=1S/C20H28O4/c1-4-7-8-13-24-19(17(6-3)20(22)23)16-12-9-11-15(14-16)18(21)10-5-2/h9,11-12,14H,4-8,10,13H2,1-3H3,(H,22,23). The molecule has 0 radical (unpaired) electrons. The van der Waals surface area contributed by atoms with Crippen LogP contribution in [0.15, 0.2) is 29.8 Å². The molecular weight excluding hydrogens is 304 g/mol. The molecule has 1 rings (SSSR count). The molecule has 0 unspecified atom stereocenters. The Balaban J connectivity index is 3.17. The van der Waals surface area contributed by atoms with Gasteiger partial charge < -0.3 is 9.84 Å². The lowest BCUT2D eigenvalue weighted by molar-refractivity contribution is -0.132. The first-order valence-electron chi connectivity index (χ1n) is 8.77. The number of carboxylic acids is 1. The van der Waals surface area contributed by atoms with Crippen LogP contribution in [-0.4, -0.2) is 23.5 Å². The van der Waals surface area contributed by atoms with Crippen molar-refractivity contribution in [3.63, 3.8) is 0 Å². The highest BCUT2D eigenvalue weighted by Gasteiger charge is 2.17. The van der Waals surface area contributed by atoms with Gasteiger partial charge in [0.2, 0.25) is 0 Å². The number of carbonyl (C=O) groups is 2. The number of aliphatic carboxylic acids is 1. The van der Waals surface area contributed by atoms with Crippen molar-refractivity contribution in [2.45, 2.75) is 59.3 Å². The van der Waals surface area contributed by atoms with Gasteiger partial charge in [-0.25, -0.2) is 4.79 Å². The van der Waals surface area contributed by atoms with Crippen LogP contribution in [0.25, 0.3) is 5.76 Å². The van der Waals surface area contributed by atoms with Crippen LogP contribution in [0.5, 0.6) is 0 Å². The molecule has 24 heavy (non-hydrogen) atoms. The zero-order chi connectivity index (χ0) is 17.9. The van der Waals surface area contributed by atoms with Crippen LogP contribution in [0.3, 0.4) is 0 Å². The van der Waals surface area contributed by atoms with Crippen molar-refractivity contribution in [2.24, 2.45) is 0 Å². The Morgan fingerprint density at radius 1 is 1.04 bits per heavy atom. The summed E-state index contributed by atoms with van der Waals surface area (Å²) in [4.78, 5) is 23.7. The van der Waals surface area contributed by atoms with Crippen LogP contribution in [0.4, 0.5) is 0 Å². The minimum atomic E-state index is -0.978. The molecule has 0 spiro atoms. The van der Waals surface area contributed by atoms with Gasteiger partial charge in [-0.1, -0.05) is 51.8 Å². The van der Waals surface area contributed by atoms with Gasteiger partial charge >= 0.3 is 5.97 Å². The number of unbranched alkanes of at least 4 members (excludes halogenated alkanes) is 2. The summed E-state index contributed by atoms with van der Waals surface area (Å²) < 4.78 is 5.83. The summed E-state index contributed by atoms with van der Waals surface area (Å²) in [5.41, 5.74) is 1.50. The number of rotatable bonds is 11. The lowest BCUT2D eigenvalue weighted by Crippen LogP contribution is -2.08. The second kappa shape index (κ2) is 10.6. The van der Waals surface area contributed by atoms with Crippen molar-refractivity contribution in [2.75, 3.05) is 6.61 Å². The minimum absolute atomic E-state index is 0.0676. The molecule has 4 nitrogen and oxygen atoms in total. The Kier molecular flexibility index (Phi) is 8.84. The molecule has 0 amide bonds. The van der Waals surface area contributed by atoms with E-state index >= 15 is 0 Å². The molecule has 4 heteroatoms. The number of ether oxygens (including phenoxy) is 1. The minimum Gasteiger partial charge on any atom is -0.492 e. The van der Waals surface area contributed by atoms with E-state index in [1.54, 1.807) is 31.2 Å². The Hall–Kier alpha value is -2.10. The van der Waals surface area contributed by atoms with Gasteiger partial charge in [0, 0.05) is 17.5 Å². The molecule has 1 N–H and O–H groups in total. The fourth-order valence-corrected chi connectivity index (χ4v) is 2.49. The van der Waals surface area contributed by atoms with Crippen molar-refractivity contribution in [3.8, 4) is 0 Å². The van der Waals surface area contributed by atoms with E-state index in [0.717, 1.165) is 25.7 Å². The van der Waals surface area contributed by atoms with Crippen molar-refractivity contribution in [3.05, 3.63) is 41.0 Å². The van der Waals surface area contributed by atoms with Crippen LogP contribution in [0.2, 0.25) is 0 Å². The predicted octanol–water partition coefficient (Wildman–Crippen LogP) is 5.08. The van der Waals surface area contributed by atoms with E-state index in [1.165, 1.54) is 0 Å². The van der Waals surface area contributed by atoms with Crippen molar-refractivity contribution in [1.29, 1.82) is 0 Å². The zero-order valence-electron chi connectivity index (χ0n) is 14.9. The van der Waals surface area contributed by atoms with Gasteiger partial charge in [0.05, 0.1) is 12.2 Å². The van der Waals surface area contributed by atoms with Gasteiger partial charge in [0.15, 0.2) is 5.78 Å². The molecule has 1 aromatic rings. The average molecular weight is 332 g/mol. The second-order valence-electron chi connectivity index (χ2n) is 5.78. The SMILES string of the molecule is CCCCCOC(=C(CC)C(=O)O)c1cccc(C(=O)CCC)c1. The lowest BCUT2D eigenvalue weighted by Gasteiger charge is -2.15. The monoisotopic (exact) mass is 332 g/mol. The quantitative estimate of drug-likeness (QED) is 0.265. The first-order valence-corrected chi connectivity index (χ1v) is 8.77. The summed E-state index contributed by atoms with van der Waals surface area (Å²) in [5, 5.41) is 9.47. The number of ketones is 1. The van der Waals surface area contributed by atoms with E-state index < -0.39 is 5.97 Å². The summed E-state index contributed by atoms with van der Waals surface area (Å²) in [6.45, 7) is 6.34. The molecule has 0 heterocycles. The van der Waals surface area contributed by atoms with E-state index in [2.05, 4.69) is 6.92 Å². The Morgan fingerprint density at radius 3 is 2.33 bits per heavy atom. The molecule has 0 aliphatic heterocycles. The van der Waals surface area contributed by atoms with E-state index in [1.807, 2.05) is 6.92 Å². The number of carboxylic acid groups (broad SMARTS) is 1. The van der Waals surface area contributed by atoms with Crippen molar-refractivity contribution >= 4 is 17.5 Å². The van der Waals surface area contributed by atoms with Crippen LogP contribution < -0.4 is 0 Å². The van der Waals surface area contributed by atoms with Gasteiger partial charge in [-0.05, 0) is 25.3 Å². The van der Waals surface area contributed by atoms with Crippen molar-refractivity contribution < 1.29 is 19.4 Å². The maximum Gasteiger partial charge on any atom is 0.335 e. The zero-order valence-corrected chi connectivity index (χ0v) is 14.9. The molecule has 0 saturated carbocycles. The van der Waals surface area contributed by atoms with Crippen LogP contribution in [0.1, 0.15) is 75.2 Å². The summed E-state index contributed by atoms with van der Waals surface area (Å²) in [6.07, 6.45) is 4.63. The molecule has 0 saturated heterocycles. The van der Waals surface area contributed by atoms with Crippen molar-refractivity contribution in [1.82, 2.24) is 0 Å². The van der Waals surface area contributed by atoms with Gasteiger partial charge in [-0.15, -0.1) is 0 Å². The van der Waals surface area contributed by atoms with Crippen LogP contribution >= 0.6 is 0 Å². The Bertz CT molecular complexity index is 587. The van der Waals surface area contributed by atoms with E-state index in [-0.39, 0.29) is 11.4 Å². The first-order chi connectivity index (χ1) is 11.5. The number of hydrogen-bond acceptors (Lipinski definition) is 3. The largest absolute Gasteiger partial charge is 0.492 e. The maximum atomic E-state index is 12.1. The summed E-state index contributed by atoms with van der Waals surface area (Å²) in [5.74, 6) is -0.529. The molecule has 0 aliphatic rings. The van der Waals surface area contributed by atoms with E-state index in [4.69, 9.17) is 4.74 Å². The molecule has 0 aromatic heterocycles. The molecule has 1 aromatic carbocycles. The molecular formula is C20H28O4. The third-order valence-corrected chi connectivity index (χ3v) is 3.80. The smallest absolute Gasteiger partial charge is 0.335 e. The van der Waals surface area contributed by atoms with Gasteiger partial charge in [-0.2, -0.15) is 0 Å². The highest BCUT2D eigenvalue weighted by molar-refractivity contribution is 5.98. The van der Waals surface area contributed by atoms with E-state index in [0.29, 0.717) is 36.3 Å². The normalized spacial score (nSPS) is 11.8. The Labute approximate surface area is 144 Å². The summed E-state index contributed by atoms with van der Waals surface area (Å²) in [6, 6.07) is 7.09. The second-order valence-corrected chi connectivity index (χ2v) is 5.78. The van der Waals surface area contributed by atoms with Crippen LogP contribution in [-0.2, 0) is 9.53 Å². The molecule has 0 bridgehead atoms. The molecule has 132 valence electrons. The fraction of sp³-hybridized carbons (Fsp3) is 0.500.